The molecule has 0 atom stereocenters. The van der Waals surface area contributed by atoms with Gasteiger partial charge in [-0.05, 0) is 0 Å². The molecule has 0 saturated carbocycles. The molecular weight excluding hydrogens is 234 g/mol. The topological polar surface area (TPSA) is 97.5 Å². The van der Waals surface area contributed by atoms with Crippen LogP contribution in [0.2, 0.25) is 0 Å². The summed E-state index contributed by atoms with van der Waals surface area (Å²) in [5.41, 5.74) is 0.685. The minimum atomic E-state index is -0.159. The van der Waals surface area contributed by atoms with Gasteiger partial charge in [0.15, 0.2) is 5.82 Å². The van der Waals surface area contributed by atoms with Crippen LogP contribution in [0.25, 0.3) is 11.4 Å². The van der Waals surface area contributed by atoms with Gasteiger partial charge in [-0.15, -0.1) is 9.98 Å². The van der Waals surface area contributed by atoms with Gasteiger partial charge in [-0.1, -0.05) is 30.3 Å². The normalized spacial score (nSPS) is 9.11. The minimum absolute atomic E-state index is 0.159. The van der Waals surface area contributed by atoms with E-state index in [0.29, 0.717) is 5.56 Å². The van der Waals surface area contributed by atoms with Crippen molar-refractivity contribution in [2.24, 2.45) is 9.98 Å². The van der Waals surface area contributed by atoms with E-state index in [1.165, 1.54) is 12.2 Å². The highest BCUT2D eigenvalue weighted by atomic mass is 16.1. The van der Waals surface area contributed by atoms with Gasteiger partial charge in [-0.25, -0.2) is 9.59 Å². The number of hydrogen-bond donors (Lipinski definition) is 0. The van der Waals surface area contributed by atoms with E-state index in [-0.39, 0.29) is 17.7 Å². The third kappa shape index (κ3) is 2.56. The van der Waals surface area contributed by atoms with Gasteiger partial charge >= 0.3 is 0 Å². The third-order valence-electron chi connectivity index (χ3n) is 1.94. The summed E-state index contributed by atoms with van der Waals surface area (Å²) in [6, 6.07) is 8.95. The predicted octanol–water partition coefficient (Wildman–Crippen LogP) is 1.47. The smallest absolute Gasteiger partial charge is 0.211 e. The molecule has 86 valence electrons. The molecule has 0 fully saturated rings. The van der Waals surface area contributed by atoms with Crippen LogP contribution in [0.4, 0.5) is 11.9 Å². The third-order valence-corrected chi connectivity index (χ3v) is 1.94. The summed E-state index contributed by atoms with van der Waals surface area (Å²) in [6.07, 6.45) is 2.63. The van der Waals surface area contributed by atoms with E-state index in [1.54, 1.807) is 24.3 Å². The first kappa shape index (κ1) is 11.5. The summed E-state index contributed by atoms with van der Waals surface area (Å²) >= 11 is 0. The molecule has 0 aliphatic rings. The fraction of sp³-hybridized carbons (Fsp3) is 0. The van der Waals surface area contributed by atoms with Gasteiger partial charge in [0.2, 0.25) is 12.2 Å². The molecule has 0 spiro atoms. The van der Waals surface area contributed by atoms with Crippen LogP contribution in [-0.2, 0) is 9.59 Å². The highest BCUT2D eigenvalue weighted by molar-refractivity contribution is 5.58. The van der Waals surface area contributed by atoms with Crippen LogP contribution in [0.5, 0.6) is 0 Å². The molecule has 2 aromatic rings. The van der Waals surface area contributed by atoms with Crippen LogP contribution < -0.4 is 0 Å². The first-order valence-corrected chi connectivity index (χ1v) is 4.80. The van der Waals surface area contributed by atoms with E-state index in [9.17, 15) is 9.59 Å². The SMILES string of the molecule is O=C=Nc1nc(N=C=O)nc(-c2ccccc2)n1. The quantitative estimate of drug-likeness (QED) is 0.596. The van der Waals surface area contributed by atoms with Gasteiger partial charge in [0.1, 0.15) is 0 Å². The number of rotatable bonds is 3. The van der Waals surface area contributed by atoms with Crippen molar-refractivity contribution in [3.63, 3.8) is 0 Å². The molecule has 7 nitrogen and oxygen atoms in total. The van der Waals surface area contributed by atoms with E-state index >= 15 is 0 Å². The van der Waals surface area contributed by atoms with Gasteiger partial charge in [-0.2, -0.15) is 15.0 Å². The van der Waals surface area contributed by atoms with Crippen molar-refractivity contribution in [1.29, 1.82) is 0 Å². The molecule has 0 aliphatic carbocycles. The van der Waals surface area contributed by atoms with E-state index in [1.807, 2.05) is 6.07 Å². The second-order valence-electron chi connectivity index (χ2n) is 3.03. The Morgan fingerprint density at radius 3 is 1.89 bits per heavy atom. The molecule has 0 radical (unpaired) electrons. The number of benzene rings is 1. The molecular formula is C11H5N5O2. The molecule has 7 heteroatoms. The van der Waals surface area contributed by atoms with Crippen LogP contribution in [0.1, 0.15) is 0 Å². The Morgan fingerprint density at radius 2 is 1.39 bits per heavy atom. The lowest BCUT2D eigenvalue weighted by atomic mass is 10.2. The standard InChI is InChI=1S/C11H5N5O2/c17-6-12-10-14-9(8-4-2-1-3-5-8)15-11(16-10)13-7-18/h1-5H. The van der Waals surface area contributed by atoms with Gasteiger partial charge in [0.05, 0.1) is 0 Å². The average molecular weight is 239 g/mol. The largest absolute Gasteiger partial charge is 0.265 e. The van der Waals surface area contributed by atoms with E-state index < -0.39 is 0 Å². The monoisotopic (exact) mass is 239 g/mol. The highest BCUT2D eigenvalue weighted by Crippen LogP contribution is 2.19. The van der Waals surface area contributed by atoms with E-state index in [4.69, 9.17) is 0 Å². The van der Waals surface area contributed by atoms with Gasteiger partial charge in [-0.3, -0.25) is 0 Å². The molecule has 0 unspecified atom stereocenters. The zero-order chi connectivity index (χ0) is 12.8. The molecule has 0 bridgehead atoms. The number of aliphatic imine (C=N–C) groups is 2. The molecule has 1 heterocycles. The van der Waals surface area contributed by atoms with Crippen LogP contribution >= 0.6 is 0 Å². The van der Waals surface area contributed by atoms with Crippen LogP contribution in [0.3, 0.4) is 0 Å². The van der Waals surface area contributed by atoms with Crippen LogP contribution in [0, 0.1) is 0 Å². The Balaban J connectivity index is 2.60. The lowest BCUT2D eigenvalue weighted by molar-refractivity contribution is 0.564. The molecule has 18 heavy (non-hydrogen) atoms. The molecule has 2 rings (SSSR count). The molecule has 1 aromatic heterocycles. The van der Waals surface area contributed by atoms with Crippen molar-refractivity contribution in [3.05, 3.63) is 30.3 Å². The maximum Gasteiger partial charge on any atom is 0.265 e. The van der Waals surface area contributed by atoms with Gasteiger partial charge in [0.25, 0.3) is 11.9 Å². The molecule has 1 aromatic carbocycles. The van der Waals surface area contributed by atoms with E-state index in [0.717, 1.165) is 0 Å². The second kappa shape index (κ2) is 5.36. The van der Waals surface area contributed by atoms with Crippen molar-refractivity contribution in [2.45, 2.75) is 0 Å². The Bertz CT molecular complexity index is 622. The Kier molecular flexibility index (Phi) is 3.42. The summed E-state index contributed by atoms with van der Waals surface area (Å²) in [5.74, 6) is -0.0608. The Labute approximate surface area is 101 Å². The van der Waals surface area contributed by atoms with Crippen molar-refractivity contribution < 1.29 is 9.59 Å². The van der Waals surface area contributed by atoms with Crippen molar-refractivity contribution in [2.75, 3.05) is 0 Å². The highest BCUT2D eigenvalue weighted by Gasteiger charge is 2.07. The first-order valence-electron chi connectivity index (χ1n) is 4.80. The second-order valence-corrected chi connectivity index (χ2v) is 3.03. The van der Waals surface area contributed by atoms with Gasteiger partial charge < -0.3 is 0 Å². The maximum atomic E-state index is 10.2. The number of nitrogens with zero attached hydrogens (tertiary/aromatic N) is 5. The fourth-order valence-corrected chi connectivity index (χ4v) is 1.25. The molecule has 0 saturated heterocycles. The fourth-order valence-electron chi connectivity index (χ4n) is 1.25. The van der Waals surface area contributed by atoms with E-state index in [2.05, 4.69) is 24.9 Å². The summed E-state index contributed by atoms with van der Waals surface area (Å²) in [5, 5.41) is 0. The summed E-state index contributed by atoms with van der Waals surface area (Å²) < 4.78 is 0. The summed E-state index contributed by atoms with van der Waals surface area (Å²) in [4.78, 5) is 38.5. The van der Waals surface area contributed by atoms with Crippen molar-refractivity contribution >= 4 is 24.1 Å². The Morgan fingerprint density at radius 1 is 0.833 bits per heavy atom. The zero-order valence-corrected chi connectivity index (χ0v) is 8.94. The van der Waals surface area contributed by atoms with Crippen LogP contribution in [-0.4, -0.2) is 27.1 Å². The molecule has 0 N–H and O–H groups in total. The number of aromatic nitrogens is 3. The lowest BCUT2D eigenvalue weighted by Gasteiger charge is -2.00. The number of carbonyl (C=O) groups excluding carboxylic acids is 2. The first-order chi connectivity index (χ1) is 8.83. The van der Waals surface area contributed by atoms with Crippen LogP contribution in [0.15, 0.2) is 40.3 Å². The van der Waals surface area contributed by atoms with Crippen molar-refractivity contribution in [1.82, 2.24) is 15.0 Å². The van der Waals surface area contributed by atoms with Crippen molar-refractivity contribution in [3.8, 4) is 11.4 Å². The Hall–Kier alpha value is -3.01. The minimum Gasteiger partial charge on any atom is -0.211 e. The predicted molar refractivity (Wildman–Crippen MR) is 60.8 cm³/mol. The number of isocyanates is 2. The average Bonchev–Trinajstić information content (AvgIpc) is 2.40. The summed E-state index contributed by atoms with van der Waals surface area (Å²) in [6.45, 7) is 0. The summed E-state index contributed by atoms with van der Waals surface area (Å²) in [7, 11) is 0. The maximum absolute atomic E-state index is 10.2. The lowest BCUT2D eigenvalue weighted by Crippen LogP contribution is -1.92. The molecule has 0 amide bonds. The molecule has 0 aliphatic heterocycles. The zero-order valence-electron chi connectivity index (χ0n) is 8.94. The van der Waals surface area contributed by atoms with Gasteiger partial charge in [0, 0.05) is 5.56 Å². The number of hydrogen-bond acceptors (Lipinski definition) is 7.